The third-order valence-corrected chi connectivity index (χ3v) is 8.42. The summed E-state index contributed by atoms with van der Waals surface area (Å²) in [5.41, 5.74) is 2.97. The maximum absolute atomic E-state index is 12.9. The van der Waals surface area contributed by atoms with E-state index in [1.165, 1.54) is 4.31 Å². The summed E-state index contributed by atoms with van der Waals surface area (Å²) in [4.78, 5) is 27.6. The van der Waals surface area contributed by atoms with E-state index in [1.807, 2.05) is 18.2 Å². The summed E-state index contributed by atoms with van der Waals surface area (Å²) in [6, 6.07) is 10.5. The smallest absolute Gasteiger partial charge is 0.251 e. The minimum atomic E-state index is -3.49. The number of rotatable bonds is 6. The zero-order valence-electron chi connectivity index (χ0n) is 17.8. The van der Waals surface area contributed by atoms with Gasteiger partial charge in [-0.25, -0.2) is 8.42 Å². The number of hydrogen-bond acceptors (Lipinski definition) is 4. The molecule has 32 heavy (non-hydrogen) atoms. The molecule has 3 fully saturated rings. The Morgan fingerprint density at radius 1 is 0.969 bits per heavy atom. The van der Waals surface area contributed by atoms with Crippen LogP contribution in [0.3, 0.4) is 0 Å². The minimum Gasteiger partial charge on any atom is -0.350 e. The first-order valence-corrected chi connectivity index (χ1v) is 12.7. The van der Waals surface area contributed by atoms with Crippen molar-refractivity contribution in [2.45, 2.75) is 55.4 Å². The Balaban J connectivity index is 1.50. The molecule has 3 aliphatic rings. The Bertz CT molecular complexity index is 1220. The van der Waals surface area contributed by atoms with Crippen molar-refractivity contribution in [3.63, 3.8) is 0 Å². The van der Waals surface area contributed by atoms with Crippen LogP contribution in [0.15, 0.2) is 52.2 Å². The number of amides is 1. The van der Waals surface area contributed by atoms with Crippen LogP contribution in [0.5, 0.6) is 0 Å². The van der Waals surface area contributed by atoms with Gasteiger partial charge in [-0.2, -0.15) is 4.31 Å². The topological polar surface area (TPSA) is 99.3 Å². The van der Waals surface area contributed by atoms with E-state index in [2.05, 4.69) is 10.3 Å². The van der Waals surface area contributed by atoms with Crippen LogP contribution in [0.4, 0.5) is 0 Å². The highest BCUT2D eigenvalue weighted by Gasteiger charge is 2.28. The summed E-state index contributed by atoms with van der Waals surface area (Å²) in [5, 5.41) is 2.94. The molecule has 1 amide bonds. The second-order valence-electron chi connectivity index (χ2n) is 8.86. The number of H-pyrrole nitrogens is 1. The van der Waals surface area contributed by atoms with Crippen molar-refractivity contribution < 1.29 is 13.2 Å². The molecule has 2 saturated heterocycles. The number of carbonyl (C=O) groups excluding carboxylic acids is 1. The van der Waals surface area contributed by atoms with E-state index in [1.54, 1.807) is 24.3 Å². The molecule has 1 aliphatic carbocycles. The number of aromatic amines is 1. The summed E-state index contributed by atoms with van der Waals surface area (Å²) >= 11 is 0. The normalized spacial score (nSPS) is 22.3. The Morgan fingerprint density at radius 3 is 2.28 bits per heavy atom. The van der Waals surface area contributed by atoms with Crippen molar-refractivity contribution in [1.82, 2.24) is 14.6 Å². The molecule has 2 aliphatic heterocycles. The number of carbonyl (C=O) groups is 1. The summed E-state index contributed by atoms with van der Waals surface area (Å²) in [6.07, 6.45) is 6.99. The zero-order valence-corrected chi connectivity index (χ0v) is 18.7. The third-order valence-electron chi connectivity index (χ3n) is 6.51. The van der Waals surface area contributed by atoms with E-state index < -0.39 is 10.0 Å². The molecular weight excluding hydrogens is 426 g/mol. The van der Waals surface area contributed by atoms with Gasteiger partial charge in [-0.3, -0.25) is 9.59 Å². The van der Waals surface area contributed by atoms with Crippen LogP contribution in [0.2, 0.25) is 0 Å². The molecule has 0 bridgehead atoms. The van der Waals surface area contributed by atoms with E-state index in [9.17, 15) is 18.0 Å². The van der Waals surface area contributed by atoms with Gasteiger partial charge < -0.3 is 10.3 Å². The fourth-order valence-electron chi connectivity index (χ4n) is 4.55. The first-order chi connectivity index (χ1) is 15.4. The molecule has 1 aromatic carbocycles. The lowest BCUT2D eigenvalue weighted by Crippen LogP contribution is -2.27. The van der Waals surface area contributed by atoms with Crippen molar-refractivity contribution in [2.75, 3.05) is 13.1 Å². The lowest BCUT2D eigenvalue weighted by Gasteiger charge is -2.17. The van der Waals surface area contributed by atoms with Crippen LogP contribution in [-0.2, 0) is 14.8 Å². The molecule has 168 valence electrons. The van der Waals surface area contributed by atoms with Gasteiger partial charge in [-0.05, 0) is 61.8 Å². The summed E-state index contributed by atoms with van der Waals surface area (Å²) < 4.78 is 27.3. The van der Waals surface area contributed by atoms with Gasteiger partial charge in [0, 0.05) is 42.4 Å². The summed E-state index contributed by atoms with van der Waals surface area (Å²) in [6.45, 7) is 1.12. The molecule has 1 aromatic heterocycles. The predicted octanol–water partition coefficient (Wildman–Crippen LogP) is 2.75. The SMILES string of the molecule is O=C1CC[C@H](/C=C(/c2ccc(S(=O)(=O)N3CCCC3)cc2)c2ccc(C3CC3)c(=O)[nH]2)N1. The Kier molecular flexibility index (Phi) is 5.51. The Morgan fingerprint density at radius 2 is 1.69 bits per heavy atom. The van der Waals surface area contributed by atoms with E-state index in [0.717, 1.165) is 42.4 Å². The highest BCUT2D eigenvalue weighted by atomic mass is 32.2. The van der Waals surface area contributed by atoms with E-state index in [-0.39, 0.29) is 22.4 Å². The average Bonchev–Trinajstić information content (AvgIpc) is 3.29. The number of nitrogens with zero attached hydrogens (tertiary/aromatic N) is 1. The molecule has 2 N–H and O–H groups in total. The van der Waals surface area contributed by atoms with E-state index in [4.69, 9.17) is 0 Å². The number of aromatic nitrogens is 1. The van der Waals surface area contributed by atoms with Crippen molar-refractivity contribution in [3.05, 3.63) is 69.6 Å². The molecule has 2 aromatic rings. The number of nitrogens with one attached hydrogen (secondary N) is 2. The molecule has 0 spiro atoms. The quantitative estimate of drug-likeness (QED) is 0.703. The summed E-state index contributed by atoms with van der Waals surface area (Å²) in [5.74, 6) is 0.361. The molecule has 1 saturated carbocycles. The van der Waals surface area contributed by atoms with Gasteiger partial charge in [0.05, 0.1) is 4.90 Å². The van der Waals surface area contributed by atoms with Gasteiger partial charge in [0.25, 0.3) is 5.56 Å². The van der Waals surface area contributed by atoms with Crippen LogP contribution in [0.1, 0.15) is 61.3 Å². The maximum Gasteiger partial charge on any atom is 0.251 e. The Hall–Kier alpha value is -2.71. The minimum absolute atomic E-state index is 0.00947. The fourth-order valence-corrected chi connectivity index (χ4v) is 6.06. The Labute approximate surface area is 187 Å². The van der Waals surface area contributed by atoms with Gasteiger partial charge in [0.2, 0.25) is 15.9 Å². The van der Waals surface area contributed by atoms with Gasteiger partial charge in [-0.15, -0.1) is 0 Å². The van der Waals surface area contributed by atoms with Crippen LogP contribution >= 0.6 is 0 Å². The third kappa shape index (κ3) is 4.17. The molecule has 1 atom stereocenters. The lowest BCUT2D eigenvalue weighted by atomic mass is 9.98. The number of sulfonamides is 1. The monoisotopic (exact) mass is 453 g/mol. The van der Waals surface area contributed by atoms with Gasteiger partial charge >= 0.3 is 0 Å². The van der Waals surface area contributed by atoms with Crippen LogP contribution in [0.25, 0.3) is 5.57 Å². The highest BCUT2D eigenvalue weighted by Crippen LogP contribution is 2.38. The first kappa shape index (κ1) is 21.2. The molecule has 0 radical (unpaired) electrons. The number of pyridine rings is 1. The maximum atomic E-state index is 12.9. The predicted molar refractivity (Wildman–Crippen MR) is 122 cm³/mol. The standard InChI is InChI=1S/C24H27N3O4S/c28-23-12-7-18(25-23)15-21(22-11-10-20(16-3-4-16)24(29)26-22)17-5-8-19(9-6-17)32(30,31)27-13-1-2-14-27/h5-6,8-11,15-16,18H,1-4,7,12-14H2,(H,25,28)(H,26,29)/b21-15-/t18-/m1/s1. The fraction of sp³-hybridized carbons (Fsp3) is 0.417. The van der Waals surface area contributed by atoms with Crippen molar-refractivity contribution in [3.8, 4) is 0 Å². The molecule has 7 nitrogen and oxygen atoms in total. The van der Waals surface area contributed by atoms with E-state index in [0.29, 0.717) is 37.5 Å². The van der Waals surface area contributed by atoms with Crippen molar-refractivity contribution in [2.24, 2.45) is 0 Å². The lowest BCUT2D eigenvalue weighted by molar-refractivity contribution is -0.119. The number of benzene rings is 1. The number of hydrogen-bond donors (Lipinski definition) is 2. The second-order valence-corrected chi connectivity index (χ2v) is 10.8. The van der Waals surface area contributed by atoms with E-state index >= 15 is 0 Å². The second kappa shape index (κ2) is 8.33. The molecule has 8 heteroatoms. The zero-order chi connectivity index (χ0) is 22.3. The molecule has 0 unspecified atom stereocenters. The molecule has 3 heterocycles. The molecular formula is C24H27N3O4S. The van der Waals surface area contributed by atoms with Crippen molar-refractivity contribution in [1.29, 1.82) is 0 Å². The van der Waals surface area contributed by atoms with Gasteiger partial charge in [0.1, 0.15) is 0 Å². The first-order valence-electron chi connectivity index (χ1n) is 11.3. The average molecular weight is 454 g/mol. The van der Waals surface area contributed by atoms with Crippen LogP contribution in [-0.4, -0.2) is 42.7 Å². The van der Waals surface area contributed by atoms with Crippen LogP contribution < -0.4 is 10.9 Å². The highest BCUT2D eigenvalue weighted by molar-refractivity contribution is 7.89. The molecule has 5 rings (SSSR count). The van der Waals surface area contributed by atoms with Gasteiger partial charge in [-0.1, -0.05) is 24.3 Å². The summed E-state index contributed by atoms with van der Waals surface area (Å²) in [7, 11) is -3.49. The van der Waals surface area contributed by atoms with Crippen molar-refractivity contribution >= 4 is 21.5 Å². The van der Waals surface area contributed by atoms with Crippen LogP contribution in [0, 0.1) is 0 Å². The van der Waals surface area contributed by atoms with Gasteiger partial charge in [0.15, 0.2) is 0 Å². The largest absolute Gasteiger partial charge is 0.350 e.